The first kappa shape index (κ1) is 9.71. The number of rotatable bonds is 0. The second kappa shape index (κ2) is 4.03. The van der Waals surface area contributed by atoms with Crippen LogP contribution < -0.4 is 5.19 Å². The number of halogens is 3. The molecular weight excluding hydrogens is 481 g/mol. The summed E-state index contributed by atoms with van der Waals surface area (Å²) < 4.78 is 4.16. The topological polar surface area (TPSA) is 0 Å². The minimum Gasteiger partial charge on any atom is -0.0686 e. The maximum Gasteiger partial charge on any atom is 0.0397 e. The fourth-order valence-corrected chi connectivity index (χ4v) is 4.83. The molecular formula is C6H5I3Si. The van der Waals surface area contributed by atoms with Crippen molar-refractivity contribution < 1.29 is 0 Å². The Morgan fingerprint density at radius 3 is 1.80 bits per heavy atom. The van der Waals surface area contributed by atoms with Gasteiger partial charge in [0.1, 0.15) is 0 Å². The highest BCUT2D eigenvalue weighted by molar-refractivity contribution is 14.1. The van der Waals surface area contributed by atoms with E-state index in [9.17, 15) is 0 Å². The summed E-state index contributed by atoms with van der Waals surface area (Å²) in [5.74, 6) is 0. The van der Waals surface area contributed by atoms with Crippen LogP contribution in [0.15, 0.2) is 12.1 Å². The van der Waals surface area contributed by atoms with Gasteiger partial charge in [-0.25, -0.2) is 0 Å². The quantitative estimate of drug-likeness (QED) is 0.297. The van der Waals surface area contributed by atoms with Crippen LogP contribution in [-0.2, 0) is 0 Å². The van der Waals surface area contributed by atoms with Gasteiger partial charge < -0.3 is 0 Å². The van der Waals surface area contributed by atoms with Crippen LogP contribution in [0.4, 0.5) is 0 Å². The van der Waals surface area contributed by atoms with Crippen LogP contribution in [0.3, 0.4) is 0 Å². The van der Waals surface area contributed by atoms with Crippen molar-refractivity contribution >= 4 is 83.2 Å². The largest absolute Gasteiger partial charge is 0.0686 e. The second-order valence-electron chi connectivity index (χ2n) is 2.04. The lowest BCUT2D eigenvalue weighted by molar-refractivity contribution is 1.56. The average Bonchev–Trinajstić information content (AvgIpc) is 1.82. The molecule has 0 heterocycles. The fraction of sp³-hybridized carbons (Fsp3) is 0. The highest BCUT2D eigenvalue weighted by Gasteiger charge is 2.00. The lowest BCUT2D eigenvalue weighted by Gasteiger charge is -2.00. The van der Waals surface area contributed by atoms with Crippen molar-refractivity contribution in [3.63, 3.8) is 0 Å². The smallest absolute Gasteiger partial charge is 0.0397 e. The Balaban J connectivity index is 3.31. The number of hydrogen-bond donors (Lipinski definition) is 0. The molecule has 0 amide bonds. The van der Waals surface area contributed by atoms with Crippen molar-refractivity contribution in [2.75, 3.05) is 0 Å². The Labute approximate surface area is 104 Å². The Morgan fingerprint density at radius 2 is 1.40 bits per heavy atom. The van der Waals surface area contributed by atoms with Crippen LogP contribution in [0.1, 0.15) is 0 Å². The third kappa shape index (κ3) is 2.31. The van der Waals surface area contributed by atoms with E-state index in [0.717, 1.165) is 10.2 Å². The Kier molecular flexibility index (Phi) is 3.92. The van der Waals surface area contributed by atoms with Crippen LogP contribution in [0.5, 0.6) is 0 Å². The molecule has 0 aliphatic carbocycles. The molecule has 0 bridgehead atoms. The van der Waals surface area contributed by atoms with Crippen molar-refractivity contribution in [1.82, 2.24) is 0 Å². The van der Waals surface area contributed by atoms with Gasteiger partial charge in [-0.05, 0) is 79.9 Å². The Hall–Kier alpha value is 1.63. The zero-order chi connectivity index (χ0) is 7.72. The first-order chi connectivity index (χ1) is 4.61. The first-order valence-electron chi connectivity index (χ1n) is 2.72. The molecule has 4 heteroatoms. The van der Waals surface area contributed by atoms with E-state index in [4.69, 9.17) is 0 Å². The van der Waals surface area contributed by atoms with E-state index in [1.54, 1.807) is 0 Å². The summed E-state index contributed by atoms with van der Waals surface area (Å²) in [7, 11) is 1.16. The summed E-state index contributed by atoms with van der Waals surface area (Å²) in [6.07, 6.45) is 0. The average molecular weight is 486 g/mol. The van der Waals surface area contributed by atoms with Gasteiger partial charge in [0.2, 0.25) is 0 Å². The molecule has 0 aliphatic heterocycles. The second-order valence-corrected chi connectivity index (χ2v) is 6.60. The predicted octanol–water partition coefficient (Wildman–Crippen LogP) is 1.49. The van der Waals surface area contributed by atoms with Gasteiger partial charge in [0.15, 0.2) is 0 Å². The third-order valence-electron chi connectivity index (χ3n) is 1.13. The van der Waals surface area contributed by atoms with Gasteiger partial charge in [0.25, 0.3) is 0 Å². The summed E-state index contributed by atoms with van der Waals surface area (Å²) in [5.41, 5.74) is 0. The molecule has 0 saturated heterocycles. The maximum atomic E-state index is 2.39. The van der Waals surface area contributed by atoms with E-state index in [1.807, 2.05) is 0 Å². The number of benzene rings is 1. The van der Waals surface area contributed by atoms with E-state index in [0.29, 0.717) is 0 Å². The summed E-state index contributed by atoms with van der Waals surface area (Å²) >= 11 is 7.16. The zero-order valence-corrected chi connectivity index (χ0v) is 13.8. The lowest BCUT2D eigenvalue weighted by Crippen LogP contribution is -2.04. The van der Waals surface area contributed by atoms with Crippen molar-refractivity contribution in [3.05, 3.63) is 22.8 Å². The van der Waals surface area contributed by atoms with Crippen LogP contribution in [0.25, 0.3) is 0 Å². The van der Waals surface area contributed by atoms with Crippen molar-refractivity contribution in [2.24, 2.45) is 0 Å². The predicted molar refractivity (Wildman–Crippen MR) is 74.2 cm³/mol. The standard InChI is InChI=1S/C6H5I3Si/c7-4-1-3(10)2-5(8)6(4)9/h1-2H,10H3. The lowest BCUT2D eigenvalue weighted by atomic mass is 10.4. The van der Waals surface area contributed by atoms with Crippen LogP contribution in [-0.4, -0.2) is 10.2 Å². The zero-order valence-electron chi connectivity index (χ0n) is 5.29. The van der Waals surface area contributed by atoms with Gasteiger partial charge in [0, 0.05) is 21.0 Å². The molecule has 0 unspecified atom stereocenters. The molecule has 0 N–H and O–H groups in total. The van der Waals surface area contributed by atoms with Crippen molar-refractivity contribution in [3.8, 4) is 0 Å². The first-order valence-corrected chi connectivity index (χ1v) is 6.96. The van der Waals surface area contributed by atoms with E-state index >= 15 is 0 Å². The normalized spacial score (nSPS) is 10.3. The van der Waals surface area contributed by atoms with Crippen LogP contribution in [0.2, 0.25) is 0 Å². The number of hydrogen-bond acceptors (Lipinski definition) is 0. The highest BCUT2D eigenvalue weighted by atomic mass is 127. The molecule has 10 heavy (non-hydrogen) atoms. The molecule has 1 aromatic rings. The van der Waals surface area contributed by atoms with E-state index in [-0.39, 0.29) is 0 Å². The third-order valence-corrected chi connectivity index (χ3v) is 6.63. The van der Waals surface area contributed by atoms with Crippen LogP contribution in [0, 0.1) is 10.7 Å². The summed E-state index contributed by atoms with van der Waals surface area (Å²) in [6.45, 7) is 0. The van der Waals surface area contributed by atoms with Gasteiger partial charge in [-0.1, -0.05) is 5.19 Å². The van der Waals surface area contributed by atoms with E-state index in [1.165, 1.54) is 15.9 Å². The minimum absolute atomic E-state index is 1.16. The van der Waals surface area contributed by atoms with Gasteiger partial charge in [-0.15, -0.1) is 0 Å². The van der Waals surface area contributed by atoms with Gasteiger partial charge in [0.05, 0.1) is 0 Å². The monoisotopic (exact) mass is 486 g/mol. The Bertz CT molecular complexity index is 236. The molecule has 0 radical (unpaired) electrons. The molecule has 0 fully saturated rings. The van der Waals surface area contributed by atoms with E-state index < -0.39 is 0 Å². The highest BCUT2D eigenvalue weighted by Crippen LogP contribution is 2.19. The molecule has 0 aromatic heterocycles. The molecule has 0 spiro atoms. The van der Waals surface area contributed by atoms with E-state index in [2.05, 4.69) is 79.9 Å². The fourth-order valence-electron chi connectivity index (χ4n) is 0.682. The Morgan fingerprint density at radius 1 is 1.00 bits per heavy atom. The summed E-state index contributed by atoms with van der Waals surface area (Å²) in [4.78, 5) is 0. The summed E-state index contributed by atoms with van der Waals surface area (Å²) in [5, 5.41) is 1.48. The molecule has 0 aliphatic rings. The molecule has 1 rings (SSSR count). The molecule has 0 atom stereocenters. The molecule has 0 saturated carbocycles. The summed E-state index contributed by atoms with van der Waals surface area (Å²) in [6, 6.07) is 4.52. The van der Waals surface area contributed by atoms with Gasteiger partial charge in [-0.2, -0.15) is 0 Å². The van der Waals surface area contributed by atoms with Crippen molar-refractivity contribution in [2.45, 2.75) is 0 Å². The van der Waals surface area contributed by atoms with Crippen LogP contribution >= 0.6 is 67.8 Å². The minimum atomic E-state index is 1.16. The molecule has 0 nitrogen and oxygen atoms in total. The SMILES string of the molecule is [SiH3]c1cc(I)c(I)c(I)c1. The van der Waals surface area contributed by atoms with Gasteiger partial charge in [-0.3, -0.25) is 0 Å². The molecule has 54 valence electrons. The van der Waals surface area contributed by atoms with Gasteiger partial charge >= 0.3 is 0 Å². The maximum absolute atomic E-state index is 2.39. The van der Waals surface area contributed by atoms with Crippen molar-refractivity contribution in [1.29, 1.82) is 0 Å². The molecule has 1 aromatic carbocycles.